The van der Waals surface area contributed by atoms with Gasteiger partial charge >= 0.3 is 0 Å². The summed E-state index contributed by atoms with van der Waals surface area (Å²) in [6.45, 7) is 2.30. The Hall–Kier alpha value is 0.870. The van der Waals surface area contributed by atoms with Gasteiger partial charge in [-0.3, -0.25) is 4.98 Å². The molecule has 4 unspecified atom stereocenters. The van der Waals surface area contributed by atoms with Gasteiger partial charge in [-0.15, -0.1) is 17.9 Å². The van der Waals surface area contributed by atoms with Gasteiger partial charge in [0.15, 0.2) is 0 Å². The van der Waals surface area contributed by atoms with E-state index in [4.69, 9.17) is 4.98 Å². The predicted octanol–water partition coefficient (Wildman–Crippen LogP) is 5.53. The Kier molecular flexibility index (Phi) is 6.44. The van der Waals surface area contributed by atoms with Crippen molar-refractivity contribution in [3.63, 3.8) is 0 Å². The predicted molar refractivity (Wildman–Crippen MR) is 93.0 cm³/mol. The van der Waals surface area contributed by atoms with E-state index >= 15 is 0 Å². The van der Waals surface area contributed by atoms with Crippen LogP contribution in [0.5, 0.6) is 0 Å². The van der Waals surface area contributed by atoms with Gasteiger partial charge < -0.3 is 0 Å². The first kappa shape index (κ1) is 15.3. The topological polar surface area (TPSA) is 12.9 Å². The van der Waals surface area contributed by atoms with Crippen molar-refractivity contribution < 1.29 is 0 Å². The number of rotatable bonds is 5. The summed E-state index contributed by atoms with van der Waals surface area (Å²) in [5, 5.41) is 0. The van der Waals surface area contributed by atoms with Crippen LogP contribution in [0.15, 0.2) is 18.3 Å². The van der Waals surface area contributed by atoms with Crippen molar-refractivity contribution in [1.82, 2.24) is 4.98 Å². The second-order valence-corrected chi connectivity index (χ2v) is 14.5. The van der Waals surface area contributed by atoms with Crippen LogP contribution in [-0.2, 0) is 6.42 Å². The minimum atomic E-state index is 0.00593. The van der Waals surface area contributed by atoms with Gasteiger partial charge in [-0.25, -0.2) is 0 Å². The molecule has 0 amide bonds. The van der Waals surface area contributed by atoms with Gasteiger partial charge in [-0.05, 0) is 36.8 Å². The minimum Gasteiger partial charge on any atom is -0.260 e. The molecule has 0 fully saturated rings. The van der Waals surface area contributed by atoms with E-state index in [-0.39, 0.29) is 7.30 Å². The van der Waals surface area contributed by atoms with Crippen LogP contribution < -0.4 is 0 Å². The molecule has 1 heterocycles. The Balaban J connectivity index is 2.24. The zero-order valence-corrected chi connectivity index (χ0v) is 15.2. The molecule has 2 rings (SSSR count). The summed E-state index contributed by atoms with van der Waals surface area (Å²) in [5.41, 5.74) is 3.65. The van der Waals surface area contributed by atoms with Crippen LogP contribution in [-0.4, -0.2) is 4.98 Å². The second kappa shape index (κ2) is 7.60. The van der Waals surface area contributed by atoms with Crippen LogP contribution in [0.2, 0.25) is 0 Å². The molecule has 0 saturated heterocycles. The van der Waals surface area contributed by atoms with E-state index in [1.807, 2.05) is 6.20 Å². The first-order chi connectivity index (χ1) is 8.77. The summed E-state index contributed by atoms with van der Waals surface area (Å²) >= 11 is 0. The third kappa shape index (κ3) is 3.49. The van der Waals surface area contributed by atoms with Crippen molar-refractivity contribution in [1.29, 1.82) is 0 Å². The van der Waals surface area contributed by atoms with Crippen molar-refractivity contribution in [2.45, 2.75) is 44.7 Å². The lowest BCUT2D eigenvalue weighted by Crippen LogP contribution is -2.19. The van der Waals surface area contributed by atoms with Crippen LogP contribution in [0, 0.1) is 5.92 Å². The summed E-state index contributed by atoms with van der Waals surface area (Å²) in [4.78, 5) is 4.73. The first-order valence-electron chi connectivity index (χ1n) is 6.71. The number of hydrogen-bond donors (Lipinski definition) is 0. The molecule has 5 heteroatoms. The van der Waals surface area contributed by atoms with Crippen molar-refractivity contribution in [2.24, 2.45) is 5.92 Å². The van der Waals surface area contributed by atoms with Crippen LogP contribution in [0.25, 0.3) is 0 Å². The molecule has 0 N–H and O–H groups in total. The molecule has 0 aromatic carbocycles. The van der Waals surface area contributed by atoms with E-state index in [9.17, 15) is 0 Å². The lowest BCUT2D eigenvalue weighted by Gasteiger charge is -2.36. The molecule has 0 bridgehead atoms. The minimum absolute atomic E-state index is 0.00593. The van der Waals surface area contributed by atoms with Crippen LogP contribution >= 0.6 is 33.1 Å². The van der Waals surface area contributed by atoms with E-state index in [0.29, 0.717) is 0 Å². The van der Waals surface area contributed by atoms with E-state index in [1.165, 1.54) is 43.4 Å². The summed E-state index contributed by atoms with van der Waals surface area (Å²) in [6.07, 6.45) is 8.66. The smallest absolute Gasteiger partial charge is 0.0518 e. The Labute approximate surface area is 118 Å². The molecule has 100 valence electrons. The van der Waals surface area contributed by atoms with Crippen molar-refractivity contribution in [3.8, 4) is 0 Å². The average Bonchev–Trinajstić information content (AvgIpc) is 2.43. The third-order valence-corrected chi connectivity index (χ3v) is 14.8. The lowest BCUT2D eigenvalue weighted by atomic mass is 9.83. The fourth-order valence-corrected chi connectivity index (χ4v) is 8.35. The molecular weight excluding hydrogens is 294 g/mol. The van der Waals surface area contributed by atoms with E-state index in [1.54, 1.807) is 0 Å². The zero-order valence-electron chi connectivity index (χ0n) is 11.0. The van der Waals surface area contributed by atoms with Gasteiger partial charge in [-0.1, -0.05) is 41.1 Å². The largest absolute Gasteiger partial charge is 0.260 e. The van der Waals surface area contributed by atoms with E-state index in [2.05, 4.69) is 36.9 Å². The van der Waals surface area contributed by atoms with E-state index in [0.717, 1.165) is 19.5 Å². The molecule has 6 atom stereocenters. The van der Waals surface area contributed by atoms with Gasteiger partial charge in [0.1, 0.15) is 0 Å². The Morgan fingerprint density at radius 2 is 2.39 bits per heavy atom. The molecule has 1 aliphatic rings. The highest BCUT2D eigenvalue weighted by molar-refractivity contribution is 8.61. The molecular formula is C13H23NP4. The molecule has 0 saturated carbocycles. The van der Waals surface area contributed by atoms with E-state index < -0.39 is 0 Å². The van der Waals surface area contributed by atoms with Gasteiger partial charge in [0.05, 0.1) is 5.69 Å². The quantitative estimate of drug-likeness (QED) is 0.651. The third-order valence-electron chi connectivity index (χ3n) is 3.81. The van der Waals surface area contributed by atoms with Crippen LogP contribution in [0.4, 0.5) is 0 Å². The van der Waals surface area contributed by atoms with Crippen LogP contribution in [0.3, 0.4) is 0 Å². The highest BCUT2D eigenvalue weighted by atomic mass is 32.6. The lowest BCUT2D eigenvalue weighted by molar-refractivity contribution is 0.398. The SMILES string of the molecule is CCCC[C@H]1CCc2cccnc2[C@H]1P(P)PP. The Morgan fingerprint density at radius 3 is 3.11 bits per heavy atom. The maximum atomic E-state index is 4.73. The number of aryl methyl sites for hydroxylation is 1. The number of fused-ring (bicyclic) bond motifs is 1. The first-order valence-corrected chi connectivity index (χ1v) is 13.4. The molecule has 18 heavy (non-hydrogen) atoms. The number of nitrogens with zero attached hydrogens (tertiary/aromatic N) is 1. The molecule has 1 aromatic heterocycles. The number of hydrogen-bond acceptors (Lipinski definition) is 1. The summed E-state index contributed by atoms with van der Waals surface area (Å²) in [7, 11) is 7.06. The maximum absolute atomic E-state index is 4.73. The molecule has 0 aliphatic heterocycles. The fraction of sp³-hybridized carbons (Fsp3) is 0.615. The fourth-order valence-electron chi connectivity index (χ4n) is 2.86. The normalized spacial score (nSPS) is 25.3. The summed E-state index contributed by atoms with van der Waals surface area (Å²) in [6, 6.07) is 4.38. The summed E-state index contributed by atoms with van der Waals surface area (Å²) < 4.78 is 0. The van der Waals surface area contributed by atoms with Gasteiger partial charge in [0.2, 0.25) is 0 Å². The number of aromatic nitrogens is 1. The zero-order chi connectivity index (χ0) is 13.0. The standard InChI is InChI=1S/C13H23NP4/c1-2-3-5-11-8-7-10-6-4-9-14-12(10)13(11)18(16)17-15/h4,6,9,11,13,17H,2-3,5,7-8,15-16H2,1H3/t11-,13-,18?/m0/s1. The van der Waals surface area contributed by atoms with Crippen LogP contribution in [0.1, 0.15) is 49.5 Å². The van der Waals surface area contributed by atoms with Crippen molar-refractivity contribution >= 4 is 33.1 Å². The van der Waals surface area contributed by atoms with Gasteiger partial charge in [-0.2, -0.15) is 0 Å². The molecule has 0 spiro atoms. The molecule has 1 aliphatic carbocycles. The molecule has 0 radical (unpaired) electrons. The number of unbranched alkanes of at least 4 members (excludes halogenated alkanes) is 1. The van der Waals surface area contributed by atoms with Gasteiger partial charge in [0.25, 0.3) is 0 Å². The highest BCUT2D eigenvalue weighted by Crippen LogP contribution is 2.76. The average molecular weight is 317 g/mol. The molecule has 1 aromatic rings. The maximum Gasteiger partial charge on any atom is 0.0518 e. The van der Waals surface area contributed by atoms with Crippen molar-refractivity contribution in [2.75, 3.05) is 0 Å². The Bertz CT molecular complexity index is 385. The second-order valence-electron chi connectivity index (χ2n) is 4.97. The Morgan fingerprint density at radius 1 is 1.56 bits per heavy atom. The van der Waals surface area contributed by atoms with Crippen molar-refractivity contribution in [3.05, 3.63) is 29.6 Å². The summed E-state index contributed by atoms with van der Waals surface area (Å²) in [5.74, 6) is 0.865. The number of pyridine rings is 1. The molecule has 1 nitrogen and oxygen atoms in total. The monoisotopic (exact) mass is 317 g/mol. The highest BCUT2D eigenvalue weighted by Gasteiger charge is 2.33. The van der Waals surface area contributed by atoms with Gasteiger partial charge in [0, 0.05) is 11.9 Å².